The van der Waals surface area contributed by atoms with Crippen molar-refractivity contribution in [1.29, 1.82) is 5.41 Å². The maximum atomic E-state index is 8.85. The van der Waals surface area contributed by atoms with Gasteiger partial charge in [-0.25, -0.2) is 19.0 Å². The molecule has 4 aromatic heterocycles. The number of fused-ring (bicyclic) bond motifs is 2. The molecule has 0 radical (unpaired) electrons. The number of amidine groups is 2. The van der Waals surface area contributed by atoms with E-state index in [1.807, 2.05) is 35.0 Å². The minimum atomic E-state index is 0.135. The Labute approximate surface area is 306 Å². The third kappa shape index (κ3) is 7.70. The number of nitrogens with one attached hydrogen (secondary N) is 2. The Morgan fingerprint density at radius 1 is 0.692 bits per heavy atom. The van der Waals surface area contributed by atoms with Crippen molar-refractivity contribution in [3.05, 3.63) is 58.6 Å². The van der Waals surface area contributed by atoms with E-state index in [4.69, 9.17) is 40.8 Å². The second-order valence-corrected chi connectivity index (χ2v) is 14.4. The van der Waals surface area contributed by atoms with Crippen LogP contribution < -0.4 is 20.5 Å². The highest BCUT2D eigenvalue weighted by atomic mass is 16.5. The van der Waals surface area contributed by atoms with Crippen molar-refractivity contribution < 1.29 is 9.47 Å². The van der Waals surface area contributed by atoms with Crippen LogP contribution in [0.2, 0.25) is 0 Å². The van der Waals surface area contributed by atoms with Crippen molar-refractivity contribution >= 4 is 39.8 Å². The van der Waals surface area contributed by atoms with Gasteiger partial charge in [0.15, 0.2) is 23.0 Å². The molecule has 0 atom stereocenters. The lowest BCUT2D eigenvalue weighted by atomic mass is 10.1. The molecule has 7 rings (SSSR count). The van der Waals surface area contributed by atoms with Crippen LogP contribution in [0.15, 0.2) is 46.0 Å². The highest BCUT2D eigenvalue weighted by Crippen LogP contribution is 2.35. The quantitative estimate of drug-likeness (QED) is 0.153. The predicted molar refractivity (Wildman–Crippen MR) is 207 cm³/mol. The normalized spacial score (nSPS) is 19.2. The molecular weight excluding hydrogens is 655 g/mol. The molecule has 276 valence electrons. The van der Waals surface area contributed by atoms with Gasteiger partial charge in [0.1, 0.15) is 0 Å². The number of aryl methyl sites for hydroxylation is 4. The first-order valence-electron chi connectivity index (χ1n) is 19.0. The number of pyridine rings is 2. The molecule has 2 saturated heterocycles. The molecule has 0 bridgehead atoms. The molecule has 0 spiro atoms. The first-order chi connectivity index (χ1) is 25.3. The Kier molecular flexibility index (Phi) is 10.9. The Balaban J connectivity index is 1.17. The van der Waals surface area contributed by atoms with Gasteiger partial charge in [-0.15, -0.1) is 10.2 Å². The number of hydrogen-bond acceptors (Lipinski definition) is 10. The maximum absolute atomic E-state index is 8.85. The van der Waals surface area contributed by atoms with E-state index in [1.165, 1.54) is 38.5 Å². The summed E-state index contributed by atoms with van der Waals surface area (Å²) in [5.74, 6) is 1.55. The van der Waals surface area contributed by atoms with Crippen LogP contribution in [0.25, 0.3) is 11.0 Å². The van der Waals surface area contributed by atoms with Crippen LogP contribution in [0.3, 0.4) is 0 Å². The summed E-state index contributed by atoms with van der Waals surface area (Å²) in [5.41, 5.74) is 14.0. The van der Waals surface area contributed by atoms with E-state index in [0.29, 0.717) is 53.7 Å². The van der Waals surface area contributed by atoms with Crippen molar-refractivity contribution in [2.45, 2.75) is 79.1 Å². The van der Waals surface area contributed by atoms with Gasteiger partial charge in [0.25, 0.3) is 11.8 Å². The number of piperidine rings is 2. The van der Waals surface area contributed by atoms with Crippen LogP contribution in [0.5, 0.6) is 11.8 Å². The standard InChI is InChI=1S/C39H53N11O2/c1-26-13-15-32-34(38(45-49(32)28(26)3)51-23-11-21-47-17-7-5-8-18-47)42-36-30(40)25-31(41)37(44-36)43-35-33-16-14-27(2)29(4)50(33)46-39(35)52-24-12-22-48-19-9-6-10-20-48/h13-16,25,40H,5-12,17-24,41H2,1-4H3,(H,42,43,44). The monoisotopic (exact) mass is 707 g/mol. The first-order valence-corrected chi connectivity index (χ1v) is 19.0. The topological polar surface area (TPSA) is 146 Å². The Hall–Kier alpha value is -4.75. The summed E-state index contributed by atoms with van der Waals surface area (Å²) in [6.07, 6.45) is 11.1. The van der Waals surface area contributed by atoms with E-state index in [2.05, 4.69) is 41.1 Å². The molecule has 0 aromatic carbocycles. The molecule has 4 aromatic rings. The molecule has 0 amide bonds. The van der Waals surface area contributed by atoms with Crippen LogP contribution in [-0.4, -0.2) is 98.9 Å². The fourth-order valence-electron chi connectivity index (χ4n) is 7.23. The number of nitrogens with zero attached hydrogens (tertiary/aromatic N) is 8. The summed E-state index contributed by atoms with van der Waals surface area (Å²) in [6, 6.07) is 8.13. The van der Waals surface area contributed by atoms with Gasteiger partial charge in [-0.2, -0.15) is 0 Å². The summed E-state index contributed by atoms with van der Waals surface area (Å²) in [4.78, 5) is 15.0. The van der Waals surface area contributed by atoms with E-state index >= 15 is 0 Å². The van der Waals surface area contributed by atoms with Crippen LogP contribution in [0.4, 0.5) is 11.4 Å². The van der Waals surface area contributed by atoms with Gasteiger partial charge in [-0.3, -0.25) is 5.41 Å². The van der Waals surface area contributed by atoms with Crippen molar-refractivity contribution in [3.8, 4) is 11.8 Å². The zero-order valence-electron chi connectivity index (χ0n) is 31.2. The van der Waals surface area contributed by atoms with Crippen LogP contribution in [-0.2, 0) is 0 Å². The van der Waals surface area contributed by atoms with Crippen molar-refractivity contribution in [2.75, 3.05) is 52.5 Å². The lowest BCUT2D eigenvalue weighted by Gasteiger charge is -2.26. The van der Waals surface area contributed by atoms with Gasteiger partial charge < -0.3 is 30.3 Å². The van der Waals surface area contributed by atoms with E-state index < -0.39 is 0 Å². The Bertz CT molecular complexity index is 2030. The van der Waals surface area contributed by atoms with Crippen molar-refractivity contribution in [1.82, 2.24) is 34.3 Å². The third-order valence-electron chi connectivity index (χ3n) is 10.6. The highest BCUT2D eigenvalue weighted by Gasteiger charge is 2.24. The molecule has 0 saturated carbocycles. The SMILES string of the molecule is Cc1ccc2c(/N=C3\N/C(=N\c4c(OCCCN5CCCCC5)nn5c(C)c(C)ccc45)C(N)=CC3=N)c(OCCCN3CCCCC3)nn2c1C. The molecule has 2 fully saturated rings. The lowest BCUT2D eigenvalue weighted by molar-refractivity contribution is 0.203. The second kappa shape index (κ2) is 15.9. The Morgan fingerprint density at radius 3 is 1.63 bits per heavy atom. The lowest BCUT2D eigenvalue weighted by Crippen LogP contribution is -2.42. The van der Waals surface area contributed by atoms with Crippen molar-refractivity contribution in [2.24, 2.45) is 15.7 Å². The predicted octanol–water partition coefficient (Wildman–Crippen LogP) is 5.95. The van der Waals surface area contributed by atoms with E-state index in [0.717, 1.165) is 85.7 Å². The maximum Gasteiger partial charge on any atom is 0.260 e. The average molecular weight is 708 g/mol. The van der Waals surface area contributed by atoms with E-state index in [9.17, 15) is 0 Å². The van der Waals surface area contributed by atoms with Crippen LogP contribution in [0.1, 0.15) is 73.9 Å². The summed E-state index contributed by atoms with van der Waals surface area (Å²) in [6.45, 7) is 15.9. The first kappa shape index (κ1) is 35.6. The summed E-state index contributed by atoms with van der Waals surface area (Å²) >= 11 is 0. The fourth-order valence-corrected chi connectivity index (χ4v) is 7.23. The van der Waals surface area contributed by atoms with E-state index in [-0.39, 0.29) is 5.71 Å². The number of hydrogen-bond donors (Lipinski definition) is 3. The number of ether oxygens (including phenoxy) is 2. The molecular formula is C39H53N11O2. The van der Waals surface area contributed by atoms with Gasteiger partial charge in [0.05, 0.1) is 35.7 Å². The van der Waals surface area contributed by atoms with Crippen molar-refractivity contribution in [3.63, 3.8) is 0 Å². The minimum absolute atomic E-state index is 0.135. The van der Waals surface area contributed by atoms with Gasteiger partial charge in [0.2, 0.25) is 0 Å². The fraction of sp³-hybridized carbons (Fsp3) is 0.513. The minimum Gasteiger partial charge on any atom is -0.475 e. The molecule has 13 heteroatoms. The zero-order valence-corrected chi connectivity index (χ0v) is 31.2. The summed E-state index contributed by atoms with van der Waals surface area (Å²) in [5, 5.41) is 21.8. The Morgan fingerprint density at radius 2 is 1.15 bits per heavy atom. The van der Waals surface area contributed by atoms with Crippen LogP contribution in [0, 0.1) is 33.1 Å². The number of nitrogens with two attached hydrogens (primary N) is 1. The third-order valence-corrected chi connectivity index (χ3v) is 10.6. The van der Waals surface area contributed by atoms with Crippen LogP contribution >= 0.6 is 0 Å². The molecule has 0 aliphatic carbocycles. The number of rotatable bonds is 12. The molecule has 13 nitrogen and oxygen atoms in total. The van der Waals surface area contributed by atoms with Gasteiger partial charge in [-0.05, 0) is 122 Å². The zero-order chi connectivity index (χ0) is 36.2. The number of aromatic nitrogens is 4. The average Bonchev–Trinajstić information content (AvgIpc) is 3.69. The largest absolute Gasteiger partial charge is 0.475 e. The molecule has 7 heterocycles. The second-order valence-electron chi connectivity index (χ2n) is 14.4. The summed E-state index contributed by atoms with van der Waals surface area (Å²) in [7, 11) is 0. The van der Waals surface area contributed by atoms with E-state index in [1.54, 1.807) is 6.08 Å². The number of aliphatic imine (C=N–C) groups is 2. The molecule has 52 heavy (non-hydrogen) atoms. The van der Waals surface area contributed by atoms with Gasteiger partial charge in [0, 0.05) is 24.5 Å². The summed E-state index contributed by atoms with van der Waals surface area (Å²) < 4.78 is 16.4. The molecule has 4 N–H and O–H groups in total. The number of likely N-dealkylation sites (tertiary alicyclic amines) is 2. The van der Waals surface area contributed by atoms with Gasteiger partial charge in [-0.1, -0.05) is 25.0 Å². The molecule has 0 unspecified atom stereocenters. The van der Waals surface area contributed by atoms with Gasteiger partial charge >= 0.3 is 0 Å². The molecule has 3 aliphatic heterocycles. The molecule has 3 aliphatic rings. The highest BCUT2D eigenvalue weighted by molar-refractivity contribution is 6.50. The smallest absolute Gasteiger partial charge is 0.260 e.